The van der Waals surface area contributed by atoms with Crippen LogP contribution in [0.2, 0.25) is 0 Å². The number of anilines is 1. The van der Waals surface area contributed by atoms with E-state index in [4.69, 9.17) is 5.11 Å². The van der Waals surface area contributed by atoms with Crippen molar-refractivity contribution in [2.75, 3.05) is 5.32 Å². The molecule has 3 heteroatoms. The Labute approximate surface area is 119 Å². The first-order valence-corrected chi connectivity index (χ1v) is 6.85. The zero-order chi connectivity index (χ0) is 14.4. The smallest absolute Gasteiger partial charge is 0.326 e. The van der Waals surface area contributed by atoms with Crippen molar-refractivity contribution in [1.29, 1.82) is 0 Å². The summed E-state index contributed by atoms with van der Waals surface area (Å²) < 4.78 is 0. The van der Waals surface area contributed by atoms with Crippen molar-refractivity contribution >= 4 is 11.7 Å². The molecule has 0 fully saturated rings. The van der Waals surface area contributed by atoms with Crippen LogP contribution in [0.3, 0.4) is 0 Å². The van der Waals surface area contributed by atoms with Crippen LogP contribution in [-0.4, -0.2) is 17.1 Å². The quantitative estimate of drug-likeness (QED) is 0.832. The first-order valence-electron chi connectivity index (χ1n) is 6.85. The molecule has 2 rings (SSSR count). The summed E-state index contributed by atoms with van der Waals surface area (Å²) in [6.07, 6.45) is 1.46. The number of carboxylic acid groups (broad SMARTS) is 1. The molecule has 20 heavy (non-hydrogen) atoms. The molecular weight excluding hydrogens is 250 g/mol. The molecule has 0 bridgehead atoms. The summed E-state index contributed by atoms with van der Waals surface area (Å²) in [5, 5.41) is 12.2. The molecule has 0 amide bonds. The van der Waals surface area contributed by atoms with Gasteiger partial charge in [0.15, 0.2) is 0 Å². The number of hydrogen-bond acceptors (Lipinski definition) is 2. The molecule has 1 atom stereocenters. The number of benzene rings is 2. The van der Waals surface area contributed by atoms with Gasteiger partial charge in [0.1, 0.15) is 6.04 Å². The average molecular weight is 269 g/mol. The Hall–Kier alpha value is -2.29. The summed E-state index contributed by atoms with van der Waals surface area (Å²) in [6, 6.07) is 17.4. The second-order valence-corrected chi connectivity index (χ2v) is 4.77. The summed E-state index contributed by atoms with van der Waals surface area (Å²) in [5.41, 5.74) is 3.12. The molecule has 0 aromatic heterocycles. The Morgan fingerprint density at radius 3 is 2.20 bits per heavy atom. The summed E-state index contributed by atoms with van der Waals surface area (Å²) >= 11 is 0. The molecule has 0 saturated carbocycles. The number of carboxylic acids is 1. The molecule has 3 nitrogen and oxygen atoms in total. The minimum Gasteiger partial charge on any atom is -0.480 e. The molecule has 0 aliphatic rings. The van der Waals surface area contributed by atoms with Crippen LogP contribution in [0.1, 0.15) is 19.8 Å². The van der Waals surface area contributed by atoms with Gasteiger partial charge in [-0.1, -0.05) is 55.8 Å². The maximum absolute atomic E-state index is 11.1. The molecule has 2 N–H and O–H groups in total. The van der Waals surface area contributed by atoms with Crippen molar-refractivity contribution < 1.29 is 9.90 Å². The molecular formula is C17H19NO2. The number of nitrogens with one attached hydrogen (secondary N) is 1. The van der Waals surface area contributed by atoms with Gasteiger partial charge in [0.05, 0.1) is 0 Å². The van der Waals surface area contributed by atoms with E-state index in [1.807, 2.05) is 49.4 Å². The highest BCUT2D eigenvalue weighted by Crippen LogP contribution is 2.21. The lowest BCUT2D eigenvalue weighted by Gasteiger charge is -2.15. The average Bonchev–Trinajstić information content (AvgIpc) is 2.48. The van der Waals surface area contributed by atoms with E-state index < -0.39 is 12.0 Å². The SMILES string of the molecule is CCCC(Nc1ccc(-c2ccccc2)cc1)C(=O)O. The molecule has 0 saturated heterocycles. The fourth-order valence-electron chi connectivity index (χ4n) is 2.14. The van der Waals surface area contributed by atoms with Crippen molar-refractivity contribution in [2.24, 2.45) is 0 Å². The minimum absolute atomic E-state index is 0.525. The van der Waals surface area contributed by atoms with Gasteiger partial charge in [0.2, 0.25) is 0 Å². The van der Waals surface area contributed by atoms with Crippen molar-refractivity contribution in [3.8, 4) is 11.1 Å². The van der Waals surface area contributed by atoms with E-state index in [0.29, 0.717) is 6.42 Å². The monoisotopic (exact) mass is 269 g/mol. The third kappa shape index (κ3) is 3.60. The van der Waals surface area contributed by atoms with Crippen molar-refractivity contribution in [3.63, 3.8) is 0 Å². The molecule has 2 aromatic rings. The van der Waals surface area contributed by atoms with Crippen LogP contribution in [0.25, 0.3) is 11.1 Å². The summed E-state index contributed by atoms with van der Waals surface area (Å²) in [4.78, 5) is 11.1. The van der Waals surface area contributed by atoms with Gasteiger partial charge in [-0.05, 0) is 29.7 Å². The van der Waals surface area contributed by atoms with Crippen LogP contribution >= 0.6 is 0 Å². The summed E-state index contributed by atoms with van der Waals surface area (Å²) in [7, 11) is 0. The zero-order valence-electron chi connectivity index (χ0n) is 11.5. The standard InChI is InChI=1S/C17H19NO2/c1-2-6-16(17(19)20)18-15-11-9-14(10-12-15)13-7-4-3-5-8-13/h3-5,7-12,16,18H,2,6H2,1H3,(H,19,20). The minimum atomic E-state index is -0.806. The lowest BCUT2D eigenvalue weighted by Crippen LogP contribution is -2.28. The van der Waals surface area contributed by atoms with E-state index >= 15 is 0 Å². The normalized spacial score (nSPS) is 11.8. The second-order valence-electron chi connectivity index (χ2n) is 4.77. The van der Waals surface area contributed by atoms with Crippen molar-refractivity contribution in [1.82, 2.24) is 0 Å². The van der Waals surface area contributed by atoms with Crippen LogP contribution in [0.15, 0.2) is 54.6 Å². The number of hydrogen-bond donors (Lipinski definition) is 2. The highest BCUT2D eigenvalue weighted by molar-refractivity contribution is 5.77. The van der Waals surface area contributed by atoms with Gasteiger partial charge in [0.25, 0.3) is 0 Å². The highest BCUT2D eigenvalue weighted by Gasteiger charge is 2.15. The molecule has 0 heterocycles. The maximum atomic E-state index is 11.1. The van der Waals surface area contributed by atoms with E-state index in [9.17, 15) is 4.79 Å². The first kappa shape index (κ1) is 14.1. The Morgan fingerprint density at radius 2 is 1.65 bits per heavy atom. The van der Waals surface area contributed by atoms with Gasteiger partial charge >= 0.3 is 5.97 Å². The Balaban J connectivity index is 2.10. The van der Waals surface area contributed by atoms with Crippen LogP contribution < -0.4 is 5.32 Å². The molecule has 1 unspecified atom stereocenters. The lowest BCUT2D eigenvalue weighted by atomic mass is 10.1. The molecule has 0 spiro atoms. The molecule has 0 aliphatic carbocycles. The van der Waals surface area contributed by atoms with E-state index in [2.05, 4.69) is 17.4 Å². The number of carbonyl (C=O) groups is 1. The van der Waals surface area contributed by atoms with Crippen molar-refractivity contribution in [2.45, 2.75) is 25.8 Å². The molecule has 0 radical (unpaired) electrons. The molecule has 0 aliphatic heterocycles. The molecule has 104 valence electrons. The summed E-state index contributed by atoms with van der Waals surface area (Å²) in [5.74, 6) is -0.806. The van der Waals surface area contributed by atoms with Crippen molar-refractivity contribution in [3.05, 3.63) is 54.6 Å². The number of rotatable bonds is 6. The summed E-state index contributed by atoms with van der Waals surface area (Å²) in [6.45, 7) is 1.98. The predicted octanol–water partition coefficient (Wildman–Crippen LogP) is 4.02. The van der Waals surface area contributed by atoms with Gasteiger partial charge in [-0.3, -0.25) is 0 Å². The lowest BCUT2D eigenvalue weighted by molar-refractivity contribution is -0.138. The topological polar surface area (TPSA) is 49.3 Å². The van der Waals surface area contributed by atoms with E-state index in [1.165, 1.54) is 0 Å². The second kappa shape index (κ2) is 6.75. The Morgan fingerprint density at radius 1 is 1.05 bits per heavy atom. The maximum Gasteiger partial charge on any atom is 0.326 e. The Kier molecular flexibility index (Phi) is 4.77. The van der Waals surface area contributed by atoms with E-state index in [0.717, 1.165) is 23.2 Å². The predicted molar refractivity (Wildman–Crippen MR) is 81.8 cm³/mol. The third-order valence-electron chi connectivity index (χ3n) is 3.21. The van der Waals surface area contributed by atoms with Gasteiger partial charge in [0, 0.05) is 5.69 Å². The zero-order valence-corrected chi connectivity index (χ0v) is 11.5. The van der Waals surface area contributed by atoms with E-state index in [-0.39, 0.29) is 0 Å². The van der Waals surface area contributed by atoms with Crippen LogP contribution in [-0.2, 0) is 4.79 Å². The largest absolute Gasteiger partial charge is 0.480 e. The van der Waals surface area contributed by atoms with Crippen LogP contribution in [0.5, 0.6) is 0 Å². The third-order valence-corrected chi connectivity index (χ3v) is 3.21. The van der Waals surface area contributed by atoms with E-state index in [1.54, 1.807) is 0 Å². The van der Waals surface area contributed by atoms with Gasteiger partial charge in [-0.25, -0.2) is 4.79 Å². The fourth-order valence-corrected chi connectivity index (χ4v) is 2.14. The number of aliphatic carboxylic acids is 1. The highest BCUT2D eigenvalue weighted by atomic mass is 16.4. The van der Waals surface area contributed by atoms with Gasteiger partial charge in [-0.15, -0.1) is 0 Å². The van der Waals surface area contributed by atoms with Crippen LogP contribution in [0, 0.1) is 0 Å². The van der Waals surface area contributed by atoms with Gasteiger partial charge in [-0.2, -0.15) is 0 Å². The van der Waals surface area contributed by atoms with Crippen LogP contribution in [0.4, 0.5) is 5.69 Å². The van der Waals surface area contributed by atoms with Gasteiger partial charge < -0.3 is 10.4 Å². The fraction of sp³-hybridized carbons (Fsp3) is 0.235. The first-order chi connectivity index (χ1) is 9.70. The molecule has 2 aromatic carbocycles. The Bertz CT molecular complexity index is 549.